The Morgan fingerprint density at radius 2 is 2.14 bits per heavy atom. The topological polar surface area (TPSA) is 59.3 Å². The molecule has 5 nitrogen and oxygen atoms in total. The Bertz CT molecular complexity index is 622. The van der Waals surface area contributed by atoms with E-state index in [9.17, 15) is 5.11 Å². The number of rotatable bonds is 7. The molecular formula is C17H25N3O2. The first-order valence-electron chi connectivity index (χ1n) is 7.57. The van der Waals surface area contributed by atoms with Crippen LogP contribution in [0.1, 0.15) is 35.5 Å². The van der Waals surface area contributed by atoms with Crippen LogP contribution in [0.3, 0.4) is 0 Å². The van der Waals surface area contributed by atoms with E-state index in [4.69, 9.17) is 4.74 Å². The van der Waals surface area contributed by atoms with Crippen LogP contribution < -0.4 is 5.32 Å². The summed E-state index contributed by atoms with van der Waals surface area (Å²) in [5.74, 6) is 0.297. The van der Waals surface area contributed by atoms with Gasteiger partial charge in [-0.2, -0.15) is 5.10 Å². The highest BCUT2D eigenvalue weighted by Gasteiger charge is 2.13. The third kappa shape index (κ3) is 3.87. The lowest BCUT2D eigenvalue weighted by molar-refractivity contribution is 0.182. The van der Waals surface area contributed by atoms with Crippen LogP contribution in [0.2, 0.25) is 0 Å². The molecule has 2 aromatic rings. The number of nitrogens with one attached hydrogen (secondary N) is 1. The third-order valence-corrected chi connectivity index (χ3v) is 3.99. The van der Waals surface area contributed by atoms with Crippen molar-refractivity contribution in [2.75, 3.05) is 13.7 Å². The van der Waals surface area contributed by atoms with E-state index in [2.05, 4.69) is 24.3 Å². The molecule has 0 fully saturated rings. The number of benzene rings is 1. The minimum atomic E-state index is 0.160. The molecular weight excluding hydrogens is 278 g/mol. The molecule has 0 amide bonds. The largest absolute Gasteiger partial charge is 0.508 e. The Hall–Kier alpha value is -1.85. The van der Waals surface area contributed by atoms with Gasteiger partial charge >= 0.3 is 0 Å². The fraction of sp³-hybridized carbons (Fsp3) is 0.471. The third-order valence-electron chi connectivity index (χ3n) is 3.99. The van der Waals surface area contributed by atoms with Gasteiger partial charge in [-0.1, -0.05) is 12.1 Å². The number of aromatic hydroxyl groups is 1. The summed E-state index contributed by atoms with van der Waals surface area (Å²) in [6.45, 7) is 8.40. The molecule has 0 aliphatic heterocycles. The number of phenols is 1. The summed E-state index contributed by atoms with van der Waals surface area (Å²) in [4.78, 5) is 0. The molecule has 0 aliphatic rings. The number of aryl methyl sites for hydroxylation is 1. The molecule has 1 atom stereocenters. The van der Waals surface area contributed by atoms with Crippen molar-refractivity contribution >= 4 is 0 Å². The molecule has 2 rings (SSSR count). The number of hydrogen-bond acceptors (Lipinski definition) is 4. The number of nitrogens with zero attached hydrogens (tertiary/aromatic N) is 2. The van der Waals surface area contributed by atoms with Crippen LogP contribution in [-0.4, -0.2) is 28.6 Å². The van der Waals surface area contributed by atoms with Gasteiger partial charge in [0.1, 0.15) is 5.75 Å². The van der Waals surface area contributed by atoms with Gasteiger partial charge in [0.25, 0.3) is 0 Å². The van der Waals surface area contributed by atoms with Crippen LogP contribution in [-0.2, 0) is 17.8 Å². The van der Waals surface area contributed by atoms with Crippen LogP contribution in [0.5, 0.6) is 5.75 Å². The zero-order valence-corrected chi connectivity index (χ0v) is 13.8. The zero-order chi connectivity index (χ0) is 16.1. The molecule has 0 aliphatic carbocycles. The second-order valence-electron chi connectivity index (χ2n) is 5.56. The molecule has 1 aromatic heterocycles. The molecule has 1 unspecified atom stereocenters. The van der Waals surface area contributed by atoms with E-state index in [1.165, 1.54) is 11.3 Å². The summed E-state index contributed by atoms with van der Waals surface area (Å²) in [5, 5.41) is 17.6. The predicted molar refractivity (Wildman–Crippen MR) is 86.9 cm³/mol. The summed E-state index contributed by atoms with van der Waals surface area (Å²) in [7, 11) is 1.70. The van der Waals surface area contributed by atoms with E-state index in [1.54, 1.807) is 19.2 Å². The molecule has 0 spiro atoms. The SMILES string of the molecule is COCCn1nc(C)c(CNC(C)c2cccc(O)c2)c1C. The van der Waals surface area contributed by atoms with E-state index in [1.807, 2.05) is 23.7 Å². The van der Waals surface area contributed by atoms with Gasteiger partial charge in [-0.15, -0.1) is 0 Å². The minimum absolute atomic E-state index is 0.160. The van der Waals surface area contributed by atoms with E-state index >= 15 is 0 Å². The lowest BCUT2D eigenvalue weighted by atomic mass is 10.1. The summed E-state index contributed by atoms with van der Waals surface area (Å²) >= 11 is 0. The number of ether oxygens (including phenoxy) is 1. The highest BCUT2D eigenvalue weighted by molar-refractivity contribution is 5.29. The molecule has 0 radical (unpaired) electrons. The lowest BCUT2D eigenvalue weighted by Gasteiger charge is -2.15. The lowest BCUT2D eigenvalue weighted by Crippen LogP contribution is -2.19. The second-order valence-corrected chi connectivity index (χ2v) is 5.56. The summed E-state index contributed by atoms with van der Waals surface area (Å²) in [5.41, 5.74) is 4.51. The fourth-order valence-electron chi connectivity index (χ4n) is 2.55. The molecule has 22 heavy (non-hydrogen) atoms. The van der Waals surface area contributed by atoms with Crippen molar-refractivity contribution in [3.8, 4) is 5.75 Å². The number of aromatic nitrogens is 2. The molecule has 1 aromatic carbocycles. The first-order chi connectivity index (χ1) is 10.5. The highest BCUT2D eigenvalue weighted by atomic mass is 16.5. The average molecular weight is 303 g/mol. The van der Waals surface area contributed by atoms with Crippen molar-refractivity contribution in [2.24, 2.45) is 0 Å². The Morgan fingerprint density at radius 3 is 2.82 bits per heavy atom. The van der Waals surface area contributed by atoms with Crippen LogP contribution in [0, 0.1) is 13.8 Å². The van der Waals surface area contributed by atoms with Gasteiger partial charge < -0.3 is 15.2 Å². The normalized spacial score (nSPS) is 12.5. The van der Waals surface area contributed by atoms with Gasteiger partial charge in [-0.3, -0.25) is 4.68 Å². The standard InChI is InChI=1S/C17H25N3O2/c1-12(15-6-5-7-16(21)10-15)18-11-17-13(2)19-20(14(17)3)8-9-22-4/h5-7,10,12,18,21H,8-9,11H2,1-4H3. The van der Waals surface area contributed by atoms with E-state index in [0.717, 1.165) is 24.3 Å². The summed E-state index contributed by atoms with van der Waals surface area (Å²) < 4.78 is 7.11. The van der Waals surface area contributed by atoms with Crippen molar-refractivity contribution in [3.05, 3.63) is 46.8 Å². The fourth-order valence-corrected chi connectivity index (χ4v) is 2.55. The Kier molecular flexibility index (Phi) is 5.57. The van der Waals surface area contributed by atoms with Crippen LogP contribution in [0.25, 0.3) is 0 Å². The van der Waals surface area contributed by atoms with Crippen molar-refractivity contribution in [1.82, 2.24) is 15.1 Å². The van der Waals surface area contributed by atoms with Crippen molar-refractivity contribution in [1.29, 1.82) is 0 Å². The summed E-state index contributed by atoms with van der Waals surface area (Å²) in [6.07, 6.45) is 0. The number of methoxy groups -OCH3 is 1. The average Bonchev–Trinajstić information content (AvgIpc) is 2.77. The van der Waals surface area contributed by atoms with Gasteiger partial charge in [0.05, 0.1) is 18.8 Å². The maximum Gasteiger partial charge on any atom is 0.115 e. The van der Waals surface area contributed by atoms with Crippen molar-refractivity contribution < 1.29 is 9.84 Å². The molecule has 0 saturated heterocycles. The maximum absolute atomic E-state index is 9.57. The quantitative estimate of drug-likeness (QED) is 0.825. The minimum Gasteiger partial charge on any atom is -0.508 e. The molecule has 2 N–H and O–H groups in total. The smallest absolute Gasteiger partial charge is 0.115 e. The van der Waals surface area contributed by atoms with Crippen molar-refractivity contribution in [2.45, 2.75) is 39.9 Å². The van der Waals surface area contributed by atoms with Crippen LogP contribution in [0.15, 0.2) is 24.3 Å². The van der Waals surface area contributed by atoms with Gasteiger partial charge in [-0.25, -0.2) is 0 Å². The number of hydrogen-bond donors (Lipinski definition) is 2. The highest BCUT2D eigenvalue weighted by Crippen LogP contribution is 2.19. The van der Waals surface area contributed by atoms with Gasteiger partial charge in [0.15, 0.2) is 0 Å². The van der Waals surface area contributed by atoms with E-state index < -0.39 is 0 Å². The molecule has 120 valence electrons. The van der Waals surface area contributed by atoms with Gasteiger partial charge in [-0.05, 0) is 38.5 Å². The Labute approximate surface area is 131 Å². The first-order valence-corrected chi connectivity index (χ1v) is 7.57. The molecule has 0 bridgehead atoms. The molecule has 0 saturated carbocycles. The number of phenolic OH excluding ortho intramolecular Hbond substituents is 1. The Morgan fingerprint density at radius 1 is 1.36 bits per heavy atom. The monoisotopic (exact) mass is 303 g/mol. The zero-order valence-electron chi connectivity index (χ0n) is 13.8. The van der Waals surface area contributed by atoms with Crippen LogP contribution >= 0.6 is 0 Å². The van der Waals surface area contributed by atoms with E-state index in [-0.39, 0.29) is 6.04 Å². The van der Waals surface area contributed by atoms with Crippen LogP contribution in [0.4, 0.5) is 0 Å². The van der Waals surface area contributed by atoms with Gasteiger partial charge in [0, 0.05) is 31.0 Å². The Balaban J connectivity index is 2.03. The van der Waals surface area contributed by atoms with Gasteiger partial charge in [0.2, 0.25) is 0 Å². The predicted octanol–water partition coefficient (Wildman–Crippen LogP) is 2.70. The molecule has 1 heterocycles. The maximum atomic E-state index is 9.57. The second kappa shape index (κ2) is 7.42. The summed E-state index contributed by atoms with van der Waals surface area (Å²) in [6, 6.07) is 7.51. The van der Waals surface area contributed by atoms with Crippen molar-refractivity contribution in [3.63, 3.8) is 0 Å². The first kappa shape index (κ1) is 16.5. The molecule has 5 heteroatoms. The van der Waals surface area contributed by atoms with E-state index in [0.29, 0.717) is 12.4 Å².